The monoisotopic (exact) mass is 500 g/mol. The molecule has 0 saturated carbocycles. The second-order valence-electron chi connectivity index (χ2n) is 9.67. The SMILES string of the molecule is O=C(O)c1cn(-c2ccc3nc(N4CCC[C@@H]4CO)oc3c2)c(-c2ccc(N3CCCC3)cc2)cc1=O. The number of pyridine rings is 1. The zero-order valence-corrected chi connectivity index (χ0v) is 20.3. The molecule has 2 saturated heterocycles. The van der Waals surface area contributed by atoms with E-state index in [-0.39, 0.29) is 18.2 Å². The number of oxazole rings is 1. The minimum Gasteiger partial charge on any atom is -0.477 e. The van der Waals surface area contributed by atoms with Crippen LogP contribution >= 0.6 is 0 Å². The molecule has 2 aliphatic heterocycles. The number of rotatable bonds is 6. The van der Waals surface area contributed by atoms with Gasteiger partial charge >= 0.3 is 5.97 Å². The maximum absolute atomic E-state index is 12.7. The first-order chi connectivity index (χ1) is 18.0. The lowest BCUT2D eigenvalue weighted by molar-refractivity contribution is 0.0695. The standard InChI is InChI=1S/C28H28N4O5/c33-17-21-4-3-13-31(21)28-29-23-10-9-20(14-26(23)37-28)32-16-22(27(35)36)25(34)15-24(32)18-5-7-19(8-6-18)30-11-1-2-12-30/h5-10,14-16,21,33H,1-4,11-13,17H2,(H,35,36)/t21-/m1/s1. The normalized spacial score (nSPS) is 17.7. The van der Waals surface area contributed by atoms with Crippen LogP contribution in [0.2, 0.25) is 0 Å². The van der Waals surface area contributed by atoms with Crippen molar-refractivity contribution in [1.29, 1.82) is 0 Å². The number of carbonyl (C=O) groups is 1. The van der Waals surface area contributed by atoms with Gasteiger partial charge in [-0.2, -0.15) is 4.98 Å². The van der Waals surface area contributed by atoms with Gasteiger partial charge in [-0.1, -0.05) is 12.1 Å². The van der Waals surface area contributed by atoms with Crippen LogP contribution < -0.4 is 15.2 Å². The molecule has 0 bridgehead atoms. The van der Waals surface area contributed by atoms with Gasteiger partial charge in [0, 0.05) is 49.3 Å². The average molecular weight is 501 g/mol. The van der Waals surface area contributed by atoms with Crippen LogP contribution in [0.3, 0.4) is 0 Å². The summed E-state index contributed by atoms with van der Waals surface area (Å²) in [6.07, 6.45) is 5.58. The zero-order valence-electron chi connectivity index (χ0n) is 20.3. The minimum absolute atomic E-state index is 0.0141. The number of hydrogen-bond donors (Lipinski definition) is 2. The molecule has 0 radical (unpaired) electrons. The highest BCUT2D eigenvalue weighted by atomic mass is 16.4. The summed E-state index contributed by atoms with van der Waals surface area (Å²) in [6.45, 7) is 2.88. The Kier molecular flexibility index (Phi) is 5.92. The smallest absolute Gasteiger partial charge is 0.341 e. The molecule has 2 N–H and O–H groups in total. The number of carboxylic acid groups (broad SMARTS) is 1. The number of anilines is 2. The lowest BCUT2D eigenvalue weighted by Gasteiger charge is -2.20. The molecule has 2 fully saturated rings. The van der Waals surface area contributed by atoms with E-state index in [1.807, 2.05) is 41.3 Å². The summed E-state index contributed by atoms with van der Waals surface area (Å²) in [5.74, 6) is -1.28. The Morgan fingerprint density at radius 3 is 2.49 bits per heavy atom. The molecule has 190 valence electrons. The molecule has 4 aromatic rings. The lowest BCUT2D eigenvalue weighted by atomic mass is 10.1. The fraction of sp³-hybridized carbons (Fsp3) is 0.321. The van der Waals surface area contributed by atoms with E-state index in [0.29, 0.717) is 28.5 Å². The number of aliphatic hydroxyl groups excluding tert-OH is 1. The largest absolute Gasteiger partial charge is 0.477 e. The van der Waals surface area contributed by atoms with Gasteiger partial charge in [0.25, 0.3) is 6.01 Å². The number of benzene rings is 2. The fourth-order valence-electron chi connectivity index (χ4n) is 5.40. The van der Waals surface area contributed by atoms with Crippen molar-refractivity contribution >= 4 is 28.8 Å². The highest BCUT2D eigenvalue weighted by molar-refractivity contribution is 5.88. The Hall–Kier alpha value is -4.11. The molecular formula is C28H28N4O5. The molecule has 0 spiro atoms. The summed E-state index contributed by atoms with van der Waals surface area (Å²) in [6, 6.07) is 15.3. The molecule has 9 heteroatoms. The van der Waals surface area contributed by atoms with Crippen LogP contribution in [0.15, 0.2) is 63.9 Å². The van der Waals surface area contributed by atoms with Crippen LogP contribution in [0.1, 0.15) is 36.0 Å². The number of aliphatic hydroxyl groups is 1. The average Bonchev–Trinajstić information content (AvgIpc) is 3.68. The van der Waals surface area contributed by atoms with Crippen molar-refractivity contribution < 1.29 is 19.4 Å². The number of nitrogens with zero attached hydrogens (tertiary/aromatic N) is 4. The van der Waals surface area contributed by atoms with Gasteiger partial charge in [0.1, 0.15) is 11.1 Å². The quantitative estimate of drug-likeness (QED) is 0.410. The van der Waals surface area contributed by atoms with E-state index in [0.717, 1.165) is 43.7 Å². The maximum atomic E-state index is 12.7. The van der Waals surface area contributed by atoms with Crippen molar-refractivity contribution in [2.75, 3.05) is 36.0 Å². The second-order valence-corrected chi connectivity index (χ2v) is 9.67. The molecule has 6 rings (SSSR count). The third kappa shape index (κ3) is 4.25. The molecule has 0 aliphatic carbocycles. The molecule has 9 nitrogen and oxygen atoms in total. The first kappa shape index (κ1) is 23.3. The summed E-state index contributed by atoms with van der Waals surface area (Å²) in [4.78, 5) is 33.4. The summed E-state index contributed by atoms with van der Waals surface area (Å²) in [5, 5.41) is 19.3. The molecule has 37 heavy (non-hydrogen) atoms. The van der Waals surface area contributed by atoms with Crippen molar-refractivity contribution in [2.45, 2.75) is 31.7 Å². The van der Waals surface area contributed by atoms with Gasteiger partial charge in [-0.3, -0.25) is 4.79 Å². The molecule has 2 aromatic carbocycles. The predicted octanol–water partition coefficient (Wildman–Crippen LogP) is 3.91. The van der Waals surface area contributed by atoms with Crippen LogP contribution in [0.5, 0.6) is 0 Å². The van der Waals surface area contributed by atoms with Crippen molar-refractivity contribution in [3.63, 3.8) is 0 Å². The highest BCUT2D eigenvalue weighted by Crippen LogP contribution is 2.31. The maximum Gasteiger partial charge on any atom is 0.341 e. The van der Waals surface area contributed by atoms with E-state index >= 15 is 0 Å². The number of hydrogen-bond acceptors (Lipinski definition) is 7. The van der Waals surface area contributed by atoms with Crippen LogP contribution in [0, 0.1) is 0 Å². The number of carboxylic acids is 1. The number of aromatic nitrogens is 2. The van der Waals surface area contributed by atoms with E-state index in [1.54, 1.807) is 10.6 Å². The van der Waals surface area contributed by atoms with E-state index in [1.165, 1.54) is 25.1 Å². The van der Waals surface area contributed by atoms with Gasteiger partial charge in [-0.05, 0) is 55.5 Å². The number of aromatic carboxylic acids is 1. The van der Waals surface area contributed by atoms with Crippen LogP contribution in [-0.2, 0) is 0 Å². The molecule has 0 amide bonds. The van der Waals surface area contributed by atoms with Crippen LogP contribution in [0.4, 0.5) is 11.7 Å². The van der Waals surface area contributed by atoms with Gasteiger partial charge in [0.15, 0.2) is 11.0 Å². The van der Waals surface area contributed by atoms with E-state index in [2.05, 4.69) is 9.88 Å². The van der Waals surface area contributed by atoms with Gasteiger partial charge < -0.3 is 29.0 Å². The highest BCUT2D eigenvalue weighted by Gasteiger charge is 2.28. The van der Waals surface area contributed by atoms with Crippen molar-refractivity contribution in [2.24, 2.45) is 0 Å². The van der Waals surface area contributed by atoms with Crippen LogP contribution in [-0.4, -0.2) is 58.0 Å². The van der Waals surface area contributed by atoms with Gasteiger partial charge in [-0.25, -0.2) is 4.79 Å². The van der Waals surface area contributed by atoms with Gasteiger partial charge in [0.05, 0.1) is 18.3 Å². The molecule has 0 unspecified atom stereocenters. The van der Waals surface area contributed by atoms with Gasteiger partial charge in [-0.15, -0.1) is 0 Å². The Morgan fingerprint density at radius 1 is 1.00 bits per heavy atom. The van der Waals surface area contributed by atoms with Crippen molar-refractivity contribution in [3.8, 4) is 16.9 Å². The van der Waals surface area contributed by atoms with Crippen LogP contribution in [0.25, 0.3) is 28.0 Å². The van der Waals surface area contributed by atoms with Crippen molar-refractivity contribution in [3.05, 3.63) is 70.5 Å². The van der Waals surface area contributed by atoms with Crippen molar-refractivity contribution in [1.82, 2.24) is 9.55 Å². The Balaban J connectivity index is 1.43. The van der Waals surface area contributed by atoms with Gasteiger partial charge in [0.2, 0.25) is 0 Å². The summed E-state index contributed by atoms with van der Waals surface area (Å²) in [5.41, 5.74) is 3.53. The van der Waals surface area contributed by atoms with E-state index in [9.17, 15) is 19.8 Å². The third-order valence-corrected chi connectivity index (χ3v) is 7.39. The summed E-state index contributed by atoms with van der Waals surface area (Å²) < 4.78 is 7.78. The fourth-order valence-corrected chi connectivity index (χ4v) is 5.40. The predicted molar refractivity (Wildman–Crippen MR) is 141 cm³/mol. The first-order valence-electron chi connectivity index (χ1n) is 12.7. The molecule has 2 aromatic heterocycles. The topological polar surface area (TPSA) is 112 Å². The Bertz CT molecular complexity index is 1520. The minimum atomic E-state index is -1.28. The third-order valence-electron chi connectivity index (χ3n) is 7.39. The molecule has 2 aliphatic rings. The number of fused-ring (bicyclic) bond motifs is 1. The Morgan fingerprint density at radius 2 is 1.76 bits per heavy atom. The molecular weight excluding hydrogens is 472 g/mol. The first-order valence-corrected chi connectivity index (χ1v) is 12.7. The van der Waals surface area contributed by atoms with E-state index < -0.39 is 11.4 Å². The summed E-state index contributed by atoms with van der Waals surface area (Å²) >= 11 is 0. The Labute approximate surface area is 213 Å². The molecule has 1 atom stereocenters. The second kappa shape index (κ2) is 9.40. The summed E-state index contributed by atoms with van der Waals surface area (Å²) in [7, 11) is 0. The molecule has 4 heterocycles. The van der Waals surface area contributed by atoms with E-state index in [4.69, 9.17) is 4.42 Å². The lowest BCUT2D eigenvalue weighted by Crippen LogP contribution is -2.32. The zero-order chi connectivity index (χ0) is 25.5.